The van der Waals surface area contributed by atoms with Gasteiger partial charge in [0.2, 0.25) is 6.41 Å². The van der Waals surface area contributed by atoms with E-state index in [1.807, 2.05) is 52.0 Å². The van der Waals surface area contributed by atoms with E-state index in [-0.39, 0.29) is 12.5 Å². The summed E-state index contributed by atoms with van der Waals surface area (Å²) < 4.78 is 5.63. The van der Waals surface area contributed by atoms with Crippen LogP contribution in [0.2, 0.25) is 0 Å². The molecule has 234 valence electrons. The van der Waals surface area contributed by atoms with Gasteiger partial charge < -0.3 is 35.8 Å². The number of benzene rings is 2. The third kappa shape index (κ3) is 9.76. The summed E-state index contributed by atoms with van der Waals surface area (Å²) >= 11 is 0. The molecular formula is C34H48N4O5. The maximum Gasteiger partial charge on any atom is 0.251 e. The molecule has 1 heterocycles. The molecule has 0 bridgehead atoms. The summed E-state index contributed by atoms with van der Waals surface area (Å²) in [6, 6.07) is 12.7. The molecule has 0 saturated carbocycles. The maximum atomic E-state index is 13.7. The van der Waals surface area contributed by atoms with E-state index in [1.165, 1.54) is 0 Å². The number of aliphatic hydroxyl groups is 2. The van der Waals surface area contributed by atoms with Gasteiger partial charge in [-0.3, -0.25) is 9.59 Å². The van der Waals surface area contributed by atoms with Gasteiger partial charge in [0.25, 0.3) is 5.91 Å². The minimum Gasteiger partial charge on any atom is -0.394 e. The van der Waals surface area contributed by atoms with Crippen LogP contribution in [0.25, 0.3) is 11.1 Å². The van der Waals surface area contributed by atoms with Crippen LogP contribution in [0.3, 0.4) is 0 Å². The van der Waals surface area contributed by atoms with Crippen molar-refractivity contribution in [3.63, 3.8) is 0 Å². The zero-order valence-corrected chi connectivity index (χ0v) is 26.2. The third-order valence-electron chi connectivity index (χ3n) is 8.02. The molecule has 0 unspecified atom stereocenters. The number of hydrogen-bond acceptors (Lipinski definition) is 7. The molecule has 1 aliphatic rings. The second-order valence-corrected chi connectivity index (χ2v) is 11.2. The van der Waals surface area contributed by atoms with E-state index in [0.717, 1.165) is 77.4 Å². The number of hydrogen-bond donors (Lipinski definition) is 5. The topological polar surface area (TPSA) is 123 Å². The van der Waals surface area contributed by atoms with Crippen molar-refractivity contribution in [3.05, 3.63) is 76.0 Å². The van der Waals surface area contributed by atoms with Crippen molar-refractivity contribution in [1.82, 2.24) is 16.0 Å². The third-order valence-corrected chi connectivity index (χ3v) is 8.02. The molecule has 1 aliphatic heterocycles. The molecule has 9 nitrogen and oxygen atoms in total. The average molecular weight is 593 g/mol. The molecule has 43 heavy (non-hydrogen) atoms. The number of nitrogens with zero attached hydrogens (tertiary/aromatic N) is 1. The largest absolute Gasteiger partial charge is 0.394 e. The predicted molar refractivity (Wildman–Crippen MR) is 172 cm³/mol. The van der Waals surface area contributed by atoms with E-state index in [1.54, 1.807) is 0 Å². The highest BCUT2D eigenvalue weighted by Crippen LogP contribution is 2.34. The molecule has 2 aromatic carbocycles. The summed E-state index contributed by atoms with van der Waals surface area (Å²) in [7, 11) is 0. The van der Waals surface area contributed by atoms with Crippen molar-refractivity contribution < 1.29 is 24.5 Å². The Morgan fingerprint density at radius 1 is 1.12 bits per heavy atom. The molecule has 2 aromatic rings. The molecule has 1 atom stereocenters. The molecule has 0 aromatic heterocycles. The molecule has 3 rings (SSSR count). The van der Waals surface area contributed by atoms with Crippen molar-refractivity contribution in [2.75, 3.05) is 44.4 Å². The van der Waals surface area contributed by atoms with E-state index in [9.17, 15) is 14.7 Å². The van der Waals surface area contributed by atoms with Crippen LogP contribution in [0.15, 0.2) is 59.3 Å². The Labute approximate surface area is 256 Å². The second-order valence-electron chi connectivity index (χ2n) is 11.2. The summed E-state index contributed by atoms with van der Waals surface area (Å²) in [5.41, 5.74) is 8.40. The Kier molecular flexibility index (Phi) is 13.4. The van der Waals surface area contributed by atoms with Crippen molar-refractivity contribution in [2.45, 2.75) is 66.2 Å². The predicted octanol–water partition coefficient (Wildman–Crippen LogP) is 3.83. The first-order valence-corrected chi connectivity index (χ1v) is 15.1. The van der Waals surface area contributed by atoms with E-state index in [2.05, 4.69) is 46.0 Å². The number of ether oxygens (including phenoxy) is 1. The van der Waals surface area contributed by atoms with Gasteiger partial charge in [0, 0.05) is 62.4 Å². The minimum atomic E-state index is -0.782. The van der Waals surface area contributed by atoms with Gasteiger partial charge in [-0.25, -0.2) is 0 Å². The second kappa shape index (κ2) is 17.0. The van der Waals surface area contributed by atoms with Crippen molar-refractivity contribution >= 4 is 18.0 Å². The zero-order chi connectivity index (χ0) is 31.4. The van der Waals surface area contributed by atoms with Gasteiger partial charge in [-0.05, 0) is 93.5 Å². The highest BCUT2D eigenvalue weighted by atomic mass is 16.5. The summed E-state index contributed by atoms with van der Waals surface area (Å²) in [5, 5.41) is 27.5. The monoisotopic (exact) mass is 592 g/mol. The van der Waals surface area contributed by atoms with Gasteiger partial charge in [-0.1, -0.05) is 29.8 Å². The van der Waals surface area contributed by atoms with E-state index >= 15 is 0 Å². The molecule has 0 radical (unpaired) electrons. The maximum absolute atomic E-state index is 13.7. The van der Waals surface area contributed by atoms with Crippen LogP contribution in [0.4, 0.5) is 5.69 Å². The lowest BCUT2D eigenvalue weighted by atomic mass is 9.94. The Morgan fingerprint density at radius 2 is 1.81 bits per heavy atom. The van der Waals surface area contributed by atoms with Crippen LogP contribution in [-0.2, 0) is 16.1 Å². The number of allylic oxidation sites excluding steroid dienone is 3. The fourth-order valence-corrected chi connectivity index (χ4v) is 5.31. The van der Waals surface area contributed by atoms with Gasteiger partial charge in [-0.15, -0.1) is 0 Å². The lowest BCUT2D eigenvalue weighted by Crippen LogP contribution is -2.40. The number of rotatable bonds is 15. The number of carbonyl (C=O) groups excluding carboxylic acids is 2. The molecule has 0 aliphatic carbocycles. The quantitative estimate of drug-likeness (QED) is 0.157. The Hall–Kier alpha value is -3.50. The van der Waals surface area contributed by atoms with Crippen molar-refractivity contribution in [1.29, 1.82) is 0 Å². The highest BCUT2D eigenvalue weighted by Gasteiger charge is 2.25. The number of carbonyl (C=O) groups is 2. The molecule has 2 amide bonds. The first kappa shape index (κ1) is 34.0. The van der Waals surface area contributed by atoms with E-state index in [4.69, 9.17) is 9.84 Å². The SMILES string of the molecule is CCN(c1cc(-c2ccc(CNC[C@@H](O)CO)cc2)cc(C(=O)NC/C(C)=C(C)/C=C(/C)NC=O)c1C)C1CCOCC1. The average Bonchev–Trinajstić information content (AvgIpc) is 3.01. The van der Waals surface area contributed by atoms with E-state index in [0.29, 0.717) is 37.6 Å². The molecule has 5 N–H and O–H groups in total. The lowest BCUT2D eigenvalue weighted by molar-refractivity contribution is -0.108. The summed E-state index contributed by atoms with van der Waals surface area (Å²) in [4.78, 5) is 26.8. The number of aliphatic hydroxyl groups excluding tert-OH is 2. The fraction of sp³-hybridized carbons (Fsp3) is 0.471. The van der Waals surface area contributed by atoms with E-state index < -0.39 is 6.10 Å². The van der Waals surface area contributed by atoms with Crippen LogP contribution in [0.5, 0.6) is 0 Å². The number of nitrogens with one attached hydrogen (secondary N) is 3. The van der Waals surface area contributed by atoms with Crippen LogP contribution in [0.1, 0.15) is 62.0 Å². The summed E-state index contributed by atoms with van der Waals surface area (Å²) in [6.45, 7) is 13.2. The Bertz CT molecular complexity index is 1280. The smallest absolute Gasteiger partial charge is 0.251 e. The van der Waals surface area contributed by atoms with Crippen LogP contribution in [0, 0.1) is 6.92 Å². The van der Waals surface area contributed by atoms with Crippen molar-refractivity contribution in [3.8, 4) is 11.1 Å². The summed E-state index contributed by atoms with van der Waals surface area (Å²) in [5.74, 6) is -0.134. The Morgan fingerprint density at radius 3 is 2.44 bits per heavy atom. The zero-order valence-electron chi connectivity index (χ0n) is 26.2. The molecule has 1 fully saturated rings. The van der Waals surface area contributed by atoms with Gasteiger partial charge >= 0.3 is 0 Å². The number of amides is 2. The first-order valence-electron chi connectivity index (χ1n) is 15.1. The van der Waals surface area contributed by atoms with Gasteiger partial charge in [0.05, 0.1) is 12.7 Å². The van der Waals surface area contributed by atoms with Crippen LogP contribution < -0.4 is 20.9 Å². The van der Waals surface area contributed by atoms with Crippen LogP contribution in [-0.4, -0.2) is 74.1 Å². The molecular weight excluding hydrogens is 544 g/mol. The molecule has 0 spiro atoms. The normalized spacial score (nSPS) is 15.5. The van der Waals surface area contributed by atoms with Gasteiger partial charge in [-0.2, -0.15) is 0 Å². The minimum absolute atomic E-state index is 0.134. The van der Waals surface area contributed by atoms with Crippen LogP contribution >= 0.6 is 0 Å². The lowest BCUT2D eigenvalue weighted by Gasteiger charge is -2.37. The van der Waals surface area contributed by atoms with Gasteiger partial charge in [0.15, 0.2) is 0 Å². The standard InChI is InChI=1S/C34H48N4O5/c1-6-38(30-11-13-43-14-12-30)33-17-29(28-9-7-27(8-10-28)19-35-20-31(41)21-39)16-32(26(33)5)34(42)36-18-24(3)23(2)15-25(4)37-22-40/h7-10,15-17,22,30-31,35,39,41H,6,11-14,18-21H2,1-5H3,(H,36,42)(H,37,40)/b24-23+,25-15-/t31-/m1/s1. The molecule has 9 heteroatoms. The fourth-order valence-electron chi connectivity index (χ4n) is 5.31. The first-order chi connectivity index (χ1) is 20.7. The Balaban J connectivity index is 1.93. The molecule has 1 saturated heterocycles. The highest BCUT2D eigenvalue weighted by molar-refractivity contribution is 5.99. The van der Waals surface area contributed by atoms with Crippen molar-refractivity contribution in [2.24, 2.45) is 0 Å². The number of anilines is 1. The van der Waals surface area contributed by atoms with Gasteiger partial charge in [0.1, 0.15) is 0 Å². The summed E-state index contributed by atoms with van der Waals surface area (Å²) in [6.07, 6.45) is 3.65.